The Balaban J connectivity index is 1.71. The van der Waals surface area contributed by atoms with E-state index in [4.69, 9.17) is 21.1 Å². The van der Waals surface area contributed by atoms with Crippen LogP contribution >= 0.6 is 11.6 Å². The molecule has 130 valence electrons. The van der Waals surface area contributed by atoms with Crippen molar-refractivity contribution in [2.24, 2.45) is 0 Å². The molecule has 5 nitrogen and oxygen atoms in total. The van der Waals surface area contributed by atoms with Crippen molar-refractivity contribution >= 4 is 11.6 Å². The summed E-state index contributed by atoms with van der Waals surface area (Å²) < 4.78 is 12.6. The fraction of sp³-hybridized carbons (Fsp3) is 0.211. The first kappa shape index (κ1) is 17.3. The van der Waals surface area contributed by atoms with E-state index in [1.54, 1.807) is 26.7 Å². The summed E-state index contributed by atoms with van der Waals surface area (Å²) in [6, 6.07) is 12.0. The maximum absolute atomic E-state index is 6.26. The van der Waals surface area contributed by atoms with E-state index in [2.05, 4.69) is 22.4 Å². The highest BCUT2D eigenvalue weighted by Crippen LogP contribution is 2.35. The Morgan fingerprint density at radius 2 is 1.96 bits per heavy atom. The van der Waals surface area contributed by atoms with Crippen LogP contribution in [0.3, 0.4) is 0 Å². The molecule has 0 spiro atoms. The number of hydrogen-bond donors (Lipinski definition) is 1. The Kier molecular flexibility index (Phi) is 5.58. The van der Waals surface area contributed by atoms with E-state index < -0.39 is 0 Å². The highest BCUT2D eigenvalue weighted by molar-refractivity contribution is 6.32. The molecule has 0 aliphatic heterocycles. The minimum Gasteiger partial charge on any atom is -0.493 e. The first-order valence-electron chi connectivity index (χ1n) is 7.90. The smallest absolute Gasteiger partial charge is 0.179 e. The molecule has 25 heavy (non-hydrogen) atoms. The van der Waals surface area contributed by atoms with Crippen LogP contribution in [0.15, 0.2) is 55.1 Å². The van der Waals surface area contributed by atoms with Crippen LogP contribution in [0.2, 0.25) is 5.02 Å². The molecule has 0 bridgehead atoms. The molecule has 0 aliphatic carbocycles. The van der Waals surface area contributed by atoms with Gasteiger partial charge in [-0.1, -0.05) is 29.8 Å². The van der Waals surface area contributed by atoms with E-state index >= 15 is 0 Å². The van der Waals surface area contributed by atoms with Gasteiger partial charge in [0.15, 0.2) is 11.5 Å². The average molecular weight is 358 g/mol. The lowest BCUT2D eigenvalue weighted by atomic mass is 10.1. The summed E-state index contributed by atoms with van der Waals surface area (Å²) in [6.45, 7) is 1.39. The molecule has 0 unspecified atom stereocenters. The quantitative estimate of drug-likeness (QED) is 0.698. The molecular formula is C19H20ClN3O2. The number of hydrogen-bond acceptors (Lipinski definition) is 4. The summed E-state index contributed by atoms with van der Waals surface area (Å²) in [5.74, 6) is 1.18. The van der Waals surface area contributed by atoms with Crippen molar-refractivity contribution in [1.82, 2.24) is 14.9 Å². The van der Waals surface area contributed by atoms with E-state index in [1.807, 2.05) is 35.0 Å². The molecule has 0 aliphatic rings. The molecule has 1 heterocycles. The number of aromatic nitrogens is 2. The van der Waals surface area contributed by atoms with E-state index in [1.165, 1.54) is 5.56 Å². The standard InChI is InChI=1S/C19H20ClN3O2/c1-24-18-10-14(9-16(20)19(18)25-2)11-22-12-15-5-3-4-6-17(15)23-8-7-21-13-23/h3-10,13,22H,11-12H2,1-2H3. The van der Waals surface area contributed by atoms with Crippen LogP contribution < -0.4 is 14.8 Å². The minimum absolute atomic E-state index is 0.539. The zero-order valence-corrected chi connectivity index (χ0v) is 15.0. The van der Waals surface area contributed by atoms with Crippen LogP contribution in [0.1, 0.15) is 11.1 Å². The van der Waals surface area contributed by atoms with Crippen LogP contribution in [-0.4, -0.2) is 23.8 Å². The summed E-state index contributed by atoms with van der Waals surface area (Å²) in [4.78, 5) is 4.11. The van der Waals surface area contributed by atoms with E-state index in [9.17, 15) is 0 Å². The fourth-order valence-electron chi connectivity index (χ4n) is 2.73. The van der Waals surface area contributed by atoms with Crippen LogP contribution in [-0.2, 0) is 13.1 Å². The third-order valence-electron chi connectivity index (χ3n) is 3.91. The molecule has 0 saturated carbocycles. The summed E-state index contributed by atoms with van der Waals surface area (Å²) in [7, 11) is 3.18. The fourth-order valence-corrected chi connectivity index (χ4v) is 3.04. The number of rotatable bonds is 7. The number of benzene rings is 2. The highest BCUT2D eigenvalue weighted by atomic mass is 35.5. The Labute approximate surface area is 152 Å². The summed E-state index contributed by atoms with van der Waals surface area (Å²) >= 11 is 6.26. The molecular weight excluding hydrogens is 338 g/mol. The van der Waals surface area contributed by atoms with E-state index in [-0.39, 0.29) is 0 Å². The van der Waals surface area contributed by atoms with Crippen LogP contribution in [0, 0.1) is 0 Å². The molecule has 0 atom stereocenters. The Morgan fingerprint density at radius 3 is 2.68 bits per heavy atom. The maximum Gasteiger partial charge on any atom is 0.179 e. The molecule has 1 N–H and O–H groups in total. The Hall–Kier alpha value is -2.50. The molecule has 6 heteroatoms. The monoisotopic (exact) mass is 357 g/mol. The van der Waals surface area contributed by atoms with Gasteiger partial charge in [0.25, 0.3) is 0 Å². The highest BCUT2D eigenvalue weighted by Gasteiger charge is 2.11. The largest absolute Gasteiger partial charge is 0.493 e. The maximum atomic E-state index is 6.26. The Morgan fingerprint density at radius 1 is 1.12 bits per heavy atom. The number of nitrogens with zero attached hydrogens (tertiary/aromatic N) is 2. The molecule has 0 fully saturated rings. The molecule has 0 saturated heterocycles. The average Bonchev–Trinajstić information content (AvgIpc) is 3.16. The van der Waals surface area contributed by atoms with Crippen LogP contribution in [0.5, 0.6) is 11.5 Å². The third-order valence-corrected chi connectivity index (χ3v) is 4.19. The van der Waals surface area contributed by atoms with Crippen molar-refractivity contribution in [3.05, 3.63) is 71.3 Å². The molecule has 1 aromatic heterocycles. The summed E-state index contributed by atoms with van der Waals surface area (Å²) in [6.07, 6.45) is 5.51. The molecule has 3 aromatic rings. The second kappa shape index (κ2) is 8.05. The second-order valence-corrected chi connectivity index (χ2v) is 5.92. The first-order chi connectivity index (χ1) is 12.2. The van der Waals surface area contributed by atoms with Gasteiger partial charge in [-0.05, 0) is 29.3 Å². The zero-order chi connectivity index (χ0) is 17.6. The summed E-state index contributed by atoms with van der Waals surface area (Å²) in [5.41, 5.74) is 3.33. The van der Waals surface area contributed by atoms with Gasteiger partial charge in [0, 0.05) is 25.5 Å². The predicted octanol–water partition coefficient (Wildman–Crippen LogP) is 3.83. The van der Waals surface area contributed by atoms with Crippen molar-refractivity contribution in [3.8, 4) is 17.2 Å². The zero-order valence-electron chi connectivity index (χ0n) is 14.2. The predicted molar refractivity (Wildman–Crippen MR) is 98.7 cm³/mol. The van der Waals surface area contributed by atoms with Crippen molar-refractivity contribution < 1.29 is 9.47 Å². The van der Waals surface area contributed by atoms with Crippen molar-refractivity contribution in [1.29, 1.82) is 0 Å². The van der Waals surface area contributed by atoms with Gasteiger partial charge < -0.3 is 19.4 Å². The van der Waals surface area contributed by atoms with Gasteiger partial charge in [-0.3, -0.25) is 0 Å². The first-order valence-corrected chi connectivity index (χ1v) is 8.28. The number of para-hydroxylation sites is 1. The number of halogens is 1. The number of nitrogens with one attached hydrogen (secondary N) is 1. The van der Waals surface area contributed by atoms with Crippen molar-refractivity contribution in [3.63, 3.8) is 0 Å². The van der Waals surface area contributed by atoms with Crippen LogP contribution in [0.25, 0.3) is 5.69 Å². The number of imidazole rings is 1. The van der Waals surface area contributed by atoms with Gasteiger partial charge in [-0.25, -0.2) is 4.98 Å². The van der Waals surface area contributed by atoms with Crippen molar-refractivity contribution in [2.75, 3.05) is 14.2 Å². The van der Waals surface area contributed by atoms with E-state index in [0.717, 1.165) is 17.8 Å². The lowest BCUT2D eigenvalue weighted by Gasteiger charge is -2.13. The minimum atomic E-state index is 0.539. The van der Waals surface area contributed by atoms with Crippen molar-refractivity contribution in [2.45, 2.75) is 13.1 Å². The van der Waals surface area contributed by atoms with Gasteiger partial charge in [0.2, 0.25) is 0 Å². The second-order valence-electron chi connectivity index (χ2n) is 5.52. The van der Waals surface area contributed by atoms with Gasteiger partial charge in [0.05, 0.1) is 31.3 Å². The SMILES string of the molecule is COc1cc(CNCc2ccccc2-n2ccnc2)cc(Cl)c1OC. The normalized spacial score (nSPS) is 10.7. The topological polar surface area (TPSA) is 48.3 Å². The van der Waals surface area contributed by atoms with Gasteiger partial charge in [-0.2, -0.15) is 0 Å². The van der Waals surface area contributed by atoms with Gasteiger partial charge in [-0.15, -0.1) is 0 Å². The lowest BCUT2D eigenvalue weighted by Crippen LogP contribution is -2.14. The number of methoxy groups -OCH3 is 2. The van der Waals surface area contributed by atoms with E-state index in [0.29, 0.717) is 23.1 Å². The molecule has 3 rings (SSSR count). The summed E-state index contributed by atoms with van der Waals surface area (Å²) in [5, 5.41) is 3.99. The van der Waals surface area contributed by atoms with Gasteiger partial charge >= 0.3 is 0 Å². The molecule has 2 aromatic carbocycles. The van der Waals surface area contributed by atoms with Gasteiger partial charge in [0.1, 0.15) is 0 Å². The van der Waals surface area contributed by atoms with Crippen LogP contribution in [0.4, 0.5) is 0 Å². The third kappa shape index (κ3) is 3.95. The molecule has 0 radical (unpaired) electrons. The Bertz CT molecular complexity index is 835. The lowest BCUT2D eigenvalue weighted by molar-refractivity contribution is 0.354. The number of ether oxygens (including phenoxy) is 2. The molecule has 0 amide bonds.